The normalized spacial score (nSPS) is 18.8. The molecule has 0 radical (unpaired) electrons. The fourth-order valence-electron chi connectivity index (χ4n) is 2.80. The third-order valence-corrected chi connectivity index (χ3v) is 4.23. The van der Waals surface area contributed by atoms with E-state index in [2.05, 4.69) is 18.9 Å². The number of likely N-dealkylation sites (tertiary alicyclic amines) is 1. The summed E-state index contributed by atoms with van der Waals surface area (Å²) in [5.41, 5.74) is 6.81. The molecule has 1 aromatic carbocycles. The van der Waals surface area contributed by atoms with E-state index < -0.39 is 0 Å². The van der Waals surface area contributed by atoms with Crippen LogP contribution in [-0.2, 0) is 6.54 Å². The fourth-order valence-corrected chi connectivity index (χ4v) is 2.80. The average molecular weight is 278 g/mol. The minimum Gasteiger partial charge on any atom is -0.493 e. The minimum absolute atomic E-state index is 0.185. The first kappa shape index (κ1) is 15.1. The molecule has 4 nitrogen and oxygen atoms in total. The molecule has 0 aliphatic carbocycles. The van der Waals surface area contributed by atoms with Gasteiger partial charge in [0.05, 0.1) is 13.2 Å². The lowest BCUT2D eigenvalue weighted by Gasteiger charge is -2.33. The summed E-state index contributed by atoms with van der Waals surface area (Å²) < 4.78 is 11.6. The molecule has 2 rings (SSSR count). The van der Waals surface area contributed by atoms with Crippen LogP contribution in [0.25, 0.3) is 0 Å². The lowest BCUT2D eigenvalue weighted by Crippen LogP contribution is -2.36. The summed E-state index contributed by atoms with van der Waals surface area (Å²) in [7, 11) is 3.84. The Hall–Kier alpha value is -1.26. The molecule has 0 saturated carbocycles. The lowest BCUT2D eigenvalue weighted by atomic mass is 9.92. The van der Waals surface area contributed by atoms with Crippen LogP contribution in [0.2, 0.25) is 0 Å². The standard InChI is InChI=1S/C16H26N2O2/c1-12(13-7-9-18(2)10-8-13)20-16-14(11-17)5-4-6-15(16)19-3/h4-6,12-13H,7-11,17H2,1-3H3. The number of hydrogen-bond acceptors (Lipinski definition) is 4. The zero-order valence-corrected chi connectivity index (χ0v) is 12.8. The number of piperidine rings is 1. The van der Waals surface area contributed by atoms with Crippen molar-refractivity contribution in [3.05, 3.63) is 23.8 Å². The number of para-hydroxylation sites is 1. The first-order valence-electron chi connectivity index (χ1n) is 7.36. The van der Waals surface area contributed by atoms with Crippen molar-refractivity contribution in [1.82, 2.24) is 4.90 Å². The largest absolute Gasteiger partial charge is 0.493 e. The van der Waals surface area contributed by atoms with Crippen LogP contribution in [0, 0.1) is 5.92 Å². The maximum Gasteiger partial charge on any atom is 0.166 e. The van der Waals surface area contributed by atoms with Crippen molar-refractivity contribution in [3.63, 3.8) is 0 Å². The van der Waals surface area contributed by atoms with E-state index in [4.69, 9.17) is 15.2 Å². The van der Waals surface area contributed by atoms with Gasteiger partial charge in [0.25, 0.3) is 0 Å². The Morgan fingerprint density at radius 1 is 1.35 bits per heavy atom. The van der Waals surface area contributed by atoms with E-state index in [0.29, 0.717) is 12.5 Å². The monoisotopic (exact) mass is 278 g/mol. The molecule has 4 heteroatoms. The van der Waals surface area contributed by atoms with Gasteiger partial charge >= 0.3 is 0 Å². The van der Waals surface area contributed by atoms with Crippen LogP contribution in [0.15, 0.2) is 18.2 Å². The molecule has 0 spiro atoms. The quantitative estimate of drug-likeness (QED) is 0.897. The Balaban J connectivity index is 2.08. The molecule has 1 aliphatic heterocycles. The van der Waals surface area contributed by atoms with Gasteiger partial charge < -0.3 is 20.1 Å². The zero-order chi connectivity index (χ0) is 14.5. The molecule has 1 saturated heterocycles. The molecule has 1 atom stereocenters. The summed E-state index contributed by atoms with van der Waals surface area (Å²) in [5, 5.41) is 0. The summed E-state index contributed by atoms with van der Waals surface area (Å²) in [4.78, 5) is 2.37. The van der Waals surface area contributed by atoms with E-state index >= 15 is 0 Å². The van der Waals surface area contributed by atoms with Crippen LogP contribution in [0.3, 0.4) is 0 Å². The number of rotatable bonds is 5. The molecule has 2 N–H and O–H groups in total. The second-order valence-corrected chi connectivity index (χ2v) is 5.62. The van der Waals surface area contributed by atoms with Gasteiger partial charge in [0.2, 0.25) is 0 Å². The predicted octanol–water partition coefficient (Wildman–Crippen LogP) is 2.26. The number of ether oxygens (including phenoxy) is 2. The first-order chi connectivity index (χ1) is 9.65. The maximum atomic E-state index is 6.21. The summed E-state index contributed by atoms with van der Waals surface area (Å²) in [6.45, 7) is 4.91. The zero-order valence-electron chi connectivity index (χ0n) is 12.8. The molecule has 1 heterocycles. The molecule has 0 aromatic heterocycles. The van der Waals surface area contributed by atoms with Crippen LogP contribution in [0.4, 0.5) is 0 Å². The van der Waals surface area contributed by atoms with Crippen molar-refractivity contribution in [2.24, 2.45) is 11.7 Å². The van der Waals surface area contributed by atoms with Crippen LogP contribution in [0.5, 0.6) is 11.5 Å². The summed E-state index contributed by atoms with van der Waals surface area (Å²) in [6.07, 6.45) is 2.56. The van der Waals surface area contributed by atoms with Crippen LogP contribution in [0.1, 0.15) is 25.3 Å². The predicted molar refractivity (Wildman–Crippen MR) is 81.2 cm³/mol. The van der Waals surface area contributed by atoms with Crippen molar-refractivity contribution >= 4 is 0 Å². The van der Waals surface area contributed by atoms with Crippen molar-refractivity contribution < 1.29 is 9.47 Å². The van der Waals surface area contributed by atoms with Gasteiger partial charge in [-0.3, -0.25) is 0 Å². The Labute approximate surface area is 121 Å². The Bertz CT molecular complexity index is 406. The fraction of sp³-hybridized carbons (Fsp3) is 0.625. The van der Waals surface area contributed by atoms with Gasteiger partial charge in [0.15, 0.2) is 11.5 Å². The Morgan fingerprint density at radius 2 is 2.05 bits per heavy atom. The summed E-state index contributed by atoms with van der Waals surface area (Å²) in [6, 6.07) is 5.88. The summed E-state index contributed by atoms with van der Waals surface area (Å²) >= 11 is 0. The van der Waals surface area contributed by atoms with Gasteiger partial charge in [-0.05, 0) is 51.9 Å². The third kappa shape index (κ3) is 3.44. The highest BCUT2D eigenvalue weighted by molar-refractivity contribution is 5.46. The van der Waals surface area contributed by atoms with Crippen LogP contribution in [-0.4, -0.2) is 38.3 Å². The molecule has 1 fully saturated rings. The average Bonchev–Trinajstić information content (AvgIpc) is 2.48. The second-order valence-electron chi connectivity index (χ2n) is 5.62. The van der Waals surface area contributed by atoms with Crippen LogP contribution < -0.4 is 15.2 Å². The maximum absolute atomic E-state index is 6.21. The number of nitrogens with two attached hydrogens (primary N) is 1. The van der Waals surface area contributed by atoms with E-state index in [1.54, 1.807) is 7.11 Å². The topological polar surface area (TPSA) is 47.7 Å². The molecular weight excluding hydrogens is 252 g/mol. The molecule has 1 aromatic rings. The number of benzene rings is 1. The highest BCUT2D eigenvalue weighted by atomic mass is 16.5. The van der Waals surface area contributed by atoms with Gasteiger partial charge in [0, 0.05) is 12.1 Å². The highest BCUT2D eigenvalue weighted by Crippen LogP contribution is 2.34. The second kappa shape index (κ2) is 6.95. The SMILES string of the molecule is COc1cccc(CN)c1OC(C)C1CCN(C)CC1. The molecule has 112 valence electrons. The van der Waals surface area contributed by atoms with Gasteiger partial charge in [-0.25, -0.2) is 0 Å². The molecular formula is C16H26N2O2. The third-order valence-electron chi connectivity index (χ3n) is 4.23. The van der Waals surface area contributed by atoms with Gasteiger partial charge in [-0.15, -0.1) is 0 Å². The molecule has 20 heavy (non-hydrogen) atoms. The highest BCUT2D eigenvalue weighted by Gasteiger charge is 2.25. The van der Waals surface area contributed by atoms with E-state index in [1.807, 2.05) is 18.2 Å². The van der Waals surface area contributed by atoms with Crippen molar-refractivity contribution in [2.75, 3.05) is 27.2 Å². The smallest absolute Gasteiger partial charge is 0.166 e. The molecule has 0 bridgehead atoms. The number of nitrogens with zero attached hydrogens (tertiary/aromatic N) is 1. The van der Waals surface area contributed by atoms with E-state index in [0.717, 1.165) is 30.2 Å². The van der Waals surface area contributed by atoms with E-state index in [9.17, 15) is 0 Å². The number of methoxy groups -OCH3 is 1. The molecule has 1 unspecified atom stereocenters. The molecule has 1 aliphatic rings. The molecule has 0 amide bonds. The Morgan fingerprint density at radius 3 is 2.65 bits per heavy atom. The van der Waals surface area contributed by atoms with Crippen LogP contribution >= 0.6 is 0 Å². The van der Waals surface area contributed by atoms with Gasteiger partial charge in [-0.2, -0.15) is 0 Å². The van der Waals surface area contributed by atoms with E-state index in [1.165, 1.54) is 12.8 Å². The minimum atomic E-state index is 0.185. The summed E-state index contributed by atoms with van der Waals surface area (Å²) in [5.74, 6) is 2.18. The number of hydrogen-bond donors (Lipinski definition) is 1. The Kier molecular flexibility index (Phi) is 5.26. The van der Waals surface area contributed by atoms with Gasteiger partial charge in [-0.1, -0.05) is 12.1 Å². The van der Waals surface area contributed by atoms with E-state index in [-0.39, 0.29) is 6.10 Å². The van der Waals surface area contributed by atoms with Gasteiger partial charge in [0.1, 0.15) is 0 Å². The van der Waals surface area contributed by atoms with Crippen molar-refractivity contribution in [1.29, 1.82) is 0 Å². The lowest BCUT2D eigenvalue weighted by molar-refractivity contribution is 0.0944. The van der Waals surface area contributed by atoms with Crippen molar-refractivity contribution in [3.8, 4) is 11.5 Å². The van der Waals surface area contributed by atoms with Crippen molar-refractivity contribution in [2.45, 2.75) is 32.4 Å². The first-order valence-corrected chi connectivity index (χ1v) is 7.36.